The molecule has 1 aliphatic rings. The number of aryl methyl sites for hydroxylation is 1. The van der Waals surface area contributed by atoms with Crippen LogP contribution in [0.3, 0.4) is 0 Å². The maximum absolute atomic E-state index is 5.68. The Hall–Kier alpha value is -0.450. The molecule has 0 radical (unpaired) electrons. The molecule has 1 aromatic heterocycles. The van der Waals surface area contributed by atoms with Gasteiger partial charge in [0, 0.05) is 30.3 Å². The zero-order valence-corrected chi connectivity index (χ0v) is 11.6. The molecule has 2 unspecified atom stereocenters. The molecule has 3 nitrogen and oxygen atoms in total. The summed E-state index contributed by atoms with van der Waals surface area (Å²) < 4.78 is 5.68. The molecule has 17 heavy (non-hydrogen) atoms. The van der Waals surface area contributed by atoms with Crippen molar-refractivity contribution < 1.29 is 4.74 Å². The summed E-state index contributed by atoms with van der Waals surface area (Å²) in [6, 6.07) is 0.600. The van der Waals surface area contributed by atoms with E-state index in [1.165, 1.54) is 9.88 Å². The molecule has 1 fully saturated rings. The Bertz CT molecular complexity index is 340. The second-order valence-corrected chi connectivity index (χ2v) is 5.78. The largest absolute Gasteiger partial charge is 0.378 e. The normalized spacial score (nSPS) is 25.1. The minimum atomic E-state index is 0.448. The van der Waals surface area contributed by atoms with Crippen molar-refractivity contribution in [3.8, 4) is 0 Å². The van der Waals surface area contributed by atoms with Gasteiger partial charge in [-0.05, 0) is 25.7 Å². The third-order valence-corrected chi connectivity index (χ3v) is 4.46. The van der Waals surface area contributed by atoms with Gasteiger partial charge < -0.3 is 10.1 Å². The fraction of sp³-hybridized carbons (Fsp3) is 0.769. The van der Waals surface area contributed by atoms with E-state index >= 15 is 0 Å². The molecule has 0 saturated carbocycles. The van der Waals surface area contributed by atoms with Crippen LogP contribution in [0.2, 0.25) is 0 Å². The van der Waals surface area contributed by atoms with Crippen LogP contribution >= 0.6 is 11.3 Å². The van der Waals surface area contributed by atoms with Crippen molar-refractivity contribution in [1.82, 2.24) is 10.3 Å². The predicted octanol–water partition coefficient (Wildman–Crippen LogP) is 2.75. The van der Waals surface area contributed by atoms with Crippen LogP contribution in [0.4, 0.5) is 0 Å². The van der Waals surface area contributed by atoms with Crippen LogP contribution in [0.5, 0.6) is 0 Å². The average molecular weight is 254 g/mol. The molecular weight excluding hydrogens is 232 g/mol. The third-order valence-electron chi connectivity index (χ3n) is 3.31. The molecule has 0 aliphatic carbocycles. The number of thiazole rings is 1. The first-order chi connectivity index (χ1) is 8.31. The van der Waals surface area contributed by atoms with Gasteiger partial charge in [0.15, 0.2) is 0 Å². The van der Waals surface area contributed by atoms with E-state index in [0.717, 1.165) is 38.8 Å². The molecule has 1 aromatic rings. The standard InChI is InChI=1S/C13H22N2OS/c1-3-11-7-10(5-6-16-11)14-9-13-15-8-12(4-2)17-13/h8,10-11,14H,3-7,9H2,1-2H3. The highest BCUT2D eigenvalue weighted by Crippen LogP contribution is 2.18. The number of aromatic nitrogens is 1. The van der Waals surface area contributed by atoms with E-state index in [-0.39, 0.29) is 0 Å². The average Bonchev–Trinajstić information content (AvgIpc) is 2.84. The lowest BCUT2D eigenvalue weighted by Gasteiger charge is -2.29. The maximum atomic E-state index is 5.68. The van der Waals surface area contributed by atoms with Crippen LogP contribution in [0.1, 0.15) is 43.0 Å². The molecule has 2 heterocycles. The maximum Gasteiger partial charge on any atom is 0.107 e. The predicted molar refractivity (Wildman–Crippen MR) is 71.4 cm³/mol. The van der Waals surface area contributed by atoms with Gasteiger partial charge in [-0.3, -0.25) is 0 Å². The van der Waals surface area contributed by atoms with Crippen molar-refractivity contribution in [3.63, 3.8) is 0 Å². The van der Waals surface area contributed by atoms with Crippen LogP contribution < -0.4 is 5.32 Å². The Balaban J connectivity index is 1.77. The second kappa shape index (κ2) is 6.47. The van der Waals surface area contributed by atoms with E-state index in [4.69, 9.17) is 4.74 Å². The lowest BCUT2D eigenvalue weighted by atomic mass is 10.0. The quantitative estimate of drug-likeness (QED) is 0.877. The zero-order chi connectivity index (χ0) is 12.1. The van der Waals surface area contributed by atoms with Gasteiger partial charge in [0.2, 0.25) is 0 Å². The van der Waals surface area contributed by atoms with Gasteiger partial charge in [-0.2, -0.15) is 0 Å². The monoisotopic (exact) mass is 254 g/mol. The van der Waals surface area contributed by atoms with E-state index in [1.807, 2.05) is 17.5 Å². The number of nitrogens with one attached hydrogen (secondary N) is 1. The van der Waals surface area contributed by atoms with Crippen molar-refractivity contribution in [2.24, 2.45) is 0 Å². The summed E-state index contributed by atoms with van der Waals surface area (Å²) in [5.41, 5.74) is 0. The van der Waals surface area contributed by atoms with Crippen molar-refractivity contribution in [1.29, 1.82) is 0 Å². The molecule has 1 saturated heterocycles. The lowest BCUT2D eigenvalue weighted by molar-refractivity contribution is -0.000320. The van der Waals surface area contributed by atoms with Crippen molar-refractivity contribution in [2.45, 2.75) is 58.2 Å². The zero-order valence-electron chi connectivity index (χ0n) is 10.7. The van der Waals surface area contributed by atoms with Gasteiger partial charge in [-0.15, -0.1) is 11.3 Å². The van der Waals surface area contributed by atoms with Crippen molar-refractivity contribution >= 4 is 11.3 Å². The van der Waals surface area contributed by atoms with Crippen molar-refractivity contribution in [3.05, 3.63) is 16.1 Å². The molecule has 0 amide bonds. The van der Waals surface area contributed by atoms with Gasteiger partial charge in [0.1, 0.15) is 5.01 Å². The summed E-state index contributed by atoms with van der Waals surface area (Å²) >= 11 is 1.82. The fourth-order valence-corrected chi connectivity index (χ4v) is 2.99. The highest BCUT2D eigenvalue weighted by Gasteiger charge is 2.20. The van der Waals surface area contributed by atoms with Crippen LogP contribution in [0, 0.1) is 0 Å². The van der Waals surface area contributed by atoms with E-state index in [1.54, 1.807) is 0 Å². The summed E-state index contributed by atoms with van der Waals surface area (Å²) in [5.74, 6) is 0. The summed E-state index contributed by atoms with van der Waals surface area (Å²) in [5, 5.41) is 4.82. The SMILES string of the molecule is CCc1cnc(CNC2CCOC(CC)C2)s1. The van der Waals surface area contributed by atoms with Gasteiger partial charge in [0.25, 0.3) is 0 Å². The van der Waals surface area contributed by atoms with Crippen LogP contribution in [-0.2, 0) is 17.7 Å². The molecule has 2 rings (SSSR count). The molecule has 1 aliphatic heterocycles. The molecule has 0 bridgehead atoms. The minimum Gasteiger partial charge on any atom is -0.378 e. The van der Waals surface area contributed by atoms with Gasteiger partial charge in [-0.1, -0.05) is 13.8 Å². The Morgan fingerprint density at radius 1 is 1.53 bits per heavy atom. The Morgan fingerprint density at radius 3 is 3.12 bits per heavy atom. The van der Waals surface area contributed by atoms with E-state index in [9.17, 15) is 0 Å². The molecule has 96 valence electrons. The molecule has 0 aromatic carbocycles. The first-order valence-electron chi connectivity index (χ1n) is 6.60. The minimum absolute atomic E-state index is 0.448. The molecule has 4 heteroatoms. The van der Waals surface area contributed by atoms with Crippen LogP contribution in [-0.4, -0.2) is 23.7 Å². The first kappa shape index (κ1) is 13.0. The number of hydrogen-bond donors (Lipinski definition) is 1. The van der Waals surface area contributed by atoms with Crippen molar-refractivity contribution in [2.75, 3.05) is 6.61 Å². The number of rotatable bonds is 5. The van der Waals surface area contributed by atoms with Crippen LogP contribution in [0.25, 0.3) is 0 Å². The van der Waals surface area contributed by atoms with E-state index in [2.05, 4.69) is 24.1 Å². The fourth-order valence-electron chi connectivity index (χ4n) is 2.17. The smallest absolute Gasteiger partial charge is 0.107 e. The highest BCUT2D eigenvalue weighted by atomic mass is 32.1. The molecule has 0 spiro atoms. The Kier molecular flexibility index (Phi) is 4.95. The van der Waals surface area contributed by atoms with E-state index in [0.29, 0.717) is 12.1 Å². The second-order valence-electron chi connectivity index (χ2n) is 4.58. The summed E-state index contributed by atoms with van der Waals surface area (Å²) in [4.78, 5) is 5.81. The summed E-state index contributed by atoms with van der Waals surface area (Å²) in [7, 11) is 0. The van der Waals surface area contributed by atoms with Gasteiger partial charge >= 0.3 is 0 Å². The van der Waals surface area contributed by atoms with E-state index < -0.39 is 0 Å². The Labute approximate surface area is 108 Å². The summed E-state index contributed by atoms with van der Waals surface area (Å²) in [6.07, 6.45) is 6.93. The highest BCUT2D eigenvalue weighted by molar-refractivity contribution is 7.11. The first-order valence-corrected chi connectivity index (χ1v) is 7.42. The summed E-state index contributed by atoms with van der Waals surface area (Å²) in [6.45, 7) is 6.18. The van der Waals surface area contributed by atoms with Crippen LogP contribution in [0.15, 0.2) is 6.20 Å². The lowest BCUT2D eigenvalue weighted by Crippen LogP contribution is -2.38. The molecule has 2 atom stereocenters. The third kappa shape index (κ3) is 3.76. The van der Waals surface area contributed by atoms with Gasteiger partial charge in [-0.25, -0.2) is 4.98 Å². The number of ether oxygens (including phenoxy) is 1. The topological polar surface area (TPSA) is 34.2 Å². The molecular formula is C13H22N2OS. The Morgan fingerprint density at radius 2 is 2.41 bits per heavy atom. The molecule has 1 N–H and O–H groups in total. The number of nitrogens with zero attached hydrogens (tertiary/aromatic N) is 1. The number of hydrogen-bond acceptors (Lipinski definition) is 4. The van der Waals surface area contributed by atoms with Gasteiger partial charge in [0.05, 0.1) is 6.10 Å².